The maximum atomic E-state index is 11.8. The molecule has 0 fully saturated rings. The Balaban J connectivity index is 2.34. The number of carbonyl (C=O) groups excluding carboxylic acids is 1. The van der Waals surface area contributed by atoms with E-state index in [9.17, 15) is 4.79 Å². The van der Waals surface area contributed by atoms with E-state index in [4.69, 9.17) is 9.47 Å². The number of rotatable bonds is 8. The number of hydrogen-bond donors (Lipinski definition) is 0. The molecule has 0 atom stereocenters. The molecule has 0 aromatic heterocycles. The van der Waals surface area contributed by atoms with E-state index in [-0.39, 0.29) is 5.97 Å². The van der Waals surface area contributed by atoms with Crippen LogP contribution in [-0.4, -0.2) is 25.8 Å². The van der Waals surface area contributed by atoms with Crippen LogP contribution in [0.4, 0.5) is 0 Å². The van der Waals surface area contributed by atoms with Gasteiger partial charge in [0.2, 0.25) is 0 Å². The molecule has 0 unspecified atom stereocenters. The third-order valence-electron chi connectivity index (χ3n) is 2.61. The molecule has 3 nitrogen and oxygen atoms in total. The van der Waals surface area contributed by atoms with Crippen LogP contribution in [0.1, 0.15) is 43.1 Å². The Labute approximate surface area is 115 Å². The zero-order chi connectivity index (χ0) is 14.1. The molecule has 0 aliphatic rings. The van der Waals surface area contributed by atoms with Crippen LogP contribution in [0.2, 0.25) is 0 Å². The van der Waals surface area contributed by atoms with E-state index in [2.05, 4.69) is 20.8 Å². The second-order valence-electron chi connectivity index (χ2n) is 5.06. The van der Waals surface area contributed by atoms with Gasteiger partial charge in [0.25, 0.3) is 0 Å². The lowest BCUT2D eigenvalue weighted by Crippen LogP contribution is -2.13. The van der Waals surface area contributed by atoms with Crippen molar-refractivity contribution in [3.63, 3.8) is 0 Å². The Morgan fingerprint density at radius 2 is 2.05 bits per heavy atom. The van der Waals surface area contributed by atoms with Gasteiger partial charge in [-0.25, -0.2) is 4.79 Å². The van der Waals surface area contributed by atoms with Crippen LogP contribution in [0.3, 0.4) is 0 Å². The smallest absolute Gasteiger partial charge is 0.338 e. The van der Waals surface area contributed by atoms with E-state index in [0.717, 1.165) is 12.8 Å². The number of aryl methyl sites for hydroxylation is 1. The van der Waals surface area contributed by atoms with Gasteiger partial charge in [-0.05, 0) is 30.0 Å². The molecule has 0 radical (unpaired) electrons. The average molecular weight is 264 g/mol. The van der Waals surface area contributed by atoms with E-state index in [0.29, 0.717) is 31.3 Å². The maximum absolute atomic E-state index is 11.8. The molecule has 0 saturated heterocycles. The quantitative estimate of drug-likeness (QED) is 0.533. The van der Waals surface area contributed by atoms with Gasteiger partial charge in [0.05, 0.1) is 12.2 Å². The molecular formula is C16H24O3. The van der Waals surface area contributed by atoms with E-state index in [1.54, 1.807) is 6.07 Å². The largest absolute Gasteiger partial charge is 0.460 e. The summed E-state index contributed by atoms with van der Waals surface area (Å²) in [5.41, 5.74) is 1.79. The first-order chi connectivity index (χ1) is 9.13. The summed E-state index contributed by atoms with van der Waals surface area (Å²) in [6.07, 6.45) is 2.06. The standard InChI is InChI=1S/C16H24O3/c1-4-6-14-7-5-8-15(11-14)16(17)19-10-9-18-12-13(2)3/h5,7-8,11,13H,4,6,9-10,12H2,1-3H3. The van der Waals surface area contributed by atoms with Gasteiger partial charge in [-0.3, -0.25) is 0 Å². The Morgan fingerprint density at radius 1 is 1.26 bits per heavy atom. The summed E-state index contributed by atoms with van der Waals surface area (Å²) < 4.78 is 10.5. The fourth-order valence-corrected chi connectivity index (χ4v) is 1.74. The number of carbonyl (C=O) groups is 1. The molecule has 1 aromatic carbocycles. The third kappa shape index (κ3) is 6.39. The molecule has 1 aromatic rings. The number of ether oxygens (including phenoxy) is 2. The lowest BCUT2D eigenvalue weighted by molar-refractivity contribution is 0.0277. The second-order valence-corrected chi connectivity index (χ2v) is 5.06. The lowest BCUT2D eigenvalue weighted by Gasteiger charge is -2.08. The monoisotopic (exact) mass is 264 g/mol. The summed E-state index contributed by atoms with van der Waals surface area (Å²) >= 11 is 0. The first kappa shape index (κ1) is 15.7. The summed E-state index contributed by atoms with van der Waals surface area (Å²) in [6.45, 7) is 7.76. The molecule has 19 heavy (non-hydrogen) atoms. The molecule has 0 heterocycles. The van der Waals surface area contributed by atoms with Crippen molar-refractivity contribution in [2.45, 2.75) is 33.6 Å². The van der Waals surface area contributed by atoms with Gasteiger partial charge >= 0.3 is 5.97 Å². The van der Waals surface area contributed by atoms with E-state index in [1.807, 2.05) is 18.2 Å². The molecule has 3 heteroatoms. The highest BCUT2D eigenvalue weighted by Crippen LogP contribution is 2.09. The van der Waals surface area contributed by atoms with E-state index >= 15 is 0 Å². The van der Waals surface area contributed by atoms with Gasteiger partial charge in [0.15, 0.2) is 0 Å². The van der Waals surface area contributed by atoms with Crippen molar-refractivity contribution in [1.82, 2.24) is 0 Å². The van der Waals surface area contributed by atoms with Crippen LogP contribution < -0.4 is 0 Å². The van der Waals surface area contributed by atoms with Crippen LogP contribution in [0.15, 0.2) is 24.3 Å². The summed E-state index contributed by atoms with van der Waals surface area (Å²) in [6, 6.07) is 7.63. The molecule has 0 saturated carbocycles. The number of benzene rings is 1. The molecule has 0 N–H and O–H groups in total. The zero-order valence-corrected chi connectivity index (χ0v) is 12.1. The van der Waals surface area contributed by atoms with Gasteiger partial charge in [-0.1, -0.05) is 39.3 Å². The van der Waals surface area contributed by atoms with Crippen molar-refractivity contribution in [3.05, 3.63) is 35.4 Å². The van der Waals surface area contributed by atoms with Gasteiger partial charge in [-0.2, -0.15) is 0 Å². The summed E-state index contributed by atoms with van der Waals surface area (Å²) in [5.74, 6) is 0.229. The fourth-order valence-electron chi connectivity index (χ4n) is 1.74. The molecule has 1 rings (SSSR count). The van der Waals surface area contributed by atoms with Crippen molar-refractivity contribution in [2.24, 2.45) is 5.92 Å². The minimum Gasteiger partial charge on any atom is -0.460 e. The first-order valence-electron chi connectivity index (χ1n) is 6.97. The second kappa shape index (κ2) is 8.70. The topological polar surface area (TPSA) is 35.5 Å². The Bertz CT molecular complexity index is 385. The van der Waals surface area contributed by atoms with Gasteiger partial charge in [0, 0.05) is 6.61 Å². The molecule has 0 spiro atoms. The van der Waals surface area contributed by atoms with Crippen molar-refractivity contribution in [2.75, 3.05) is 19.8 Å². The van der Waals surface area contributed by atoms with Crippen LogP contribution in [0.25, 0.3) is 0 Å². The minimum atomic E-state index is -0.272. The van der Waals surface area contributed by atoms with Crippen LogP contribution in [-0.2, 0) is 15.9 Å². The third-order valence-corrected chi connectivity index (χ3v) is 2.61. The normalized spacial score (nSPS) is 10.7. The summed E-state index contributed by atoms with van der Waals surface area (Å²) in [4.78, 5) is 11.8. The van der Waals surface area contributed by atoms with E-state index in [1.165, 1.54) is 5.56 Å². The number of hydrogen-bond acceptors (Lipinski definition) is 3. The Morgan fingerprint density at radius 3 is 2.74 bits per heavy atom. The zero-order valence-electron chi connectivity index (χ0n) is 12.1. The first-order valence-corrected chi connectivity index (χ1v) is 6.97. The van der Waals surface area contributed by atoms with Crippen LogP contribution in [0, 0.1) is 5.92 Å². The summed E-state index contributed by atoms with van der Waals surface area (Å²) in [5, 5.41) is 0. The number of esters is 1. The van der Waals surface area contributed by atoms with Crippen LogP contribution in [0.5, 0.6) is 0 Å². The SMILES string of the molecule is CCCc1cccc(C(=O)OCCOCC(C)C)c1. The molecular weight excluding hydrogens is 240 g/mol. The van der Waals surface area contributed by atoms with Gasteiger partial charge in [-0.15, -0.1) is 0 Å². The molecule has 0 aliphatic heterocycles. The maximum Gasteiger partial charge on any atom is 0.338 e. The predicted molar refractivity (Wildman–Crippen MR) is 76.4 cm³/mol. The predicted octanol–water partition coefficient (Wildman–Crippen LogP) is 3.47. The van der Waals surface area contributed by atoms with Crippen molar-refractivity contribution in [3.8, 4) is 0 Å². The van der Waals surface area contributed by atoms with E-state index < -0.39 is 0 Å². The average Bonchev–Trinajstić information content (AvgIpc) is 2.38. The van der Waals surface area contributed by atoms with Crippen molar-refractivity contribution < 1.29 is 14.3 Å². The molecule has 106 valence electrons. The van der Waals surface area contributed by atoms with Crippen molar-refractivity contribution in [1.29, 1.82) is 0 Å². The van der Waals surface area contributed by atoms with Gasteiger partial charge in [0.1, 0.15) is 6.61 Å². The highest BCUT2D eigenvalue weighted by atomic mass is 16.6. The Hall–Kier alpha value is -1.35. The summed E-state index contributed by atoms with van der Waals surface area (Å²) in [7, 11) is 0. The molecule has 0 bridgehead atoms. The van der Waals surface area contributed by atoms with Crippen LogP contribution >= 0.6 is 0 Å². The Kier molecular flexibility index (Phi) is 7.19. The van der Waals surface area contributed by atoms with Gasteiger partial charge < -0.3 is 9.47 Å². The fraction of sp³-hybridized carbons (Fsp3) is 0.562. The lowest BCUT2D eigenvalue weighted by atomic mass is 10.1. The molecule has 0 amide bonds. The minimum absolute atomic E-state index is 0.272. The van der Waals surface area contributed by atoms with Crippen molar-refractivity contribution >= 4 is 5.97 Å². The molecule has 0 aliphatic carbocycles. The highest BCUT2D eigenvalue weighted by molar-refractivity contribution is 5.89. The highest BCUT2D eigenvalue weighted by Gasteiger charge is 2.07.